The molecule has 7 nitrogen and oxygen atoms in total. The predicted molar refractivity (Wildman–Crippen MR) is 126 cm³/mol. The van der Waals surface area contributed by atoms with Crippen molar-refractivity contribution < 1.29 is 14.3 Å². The number of anilines is 1. The van der Waals surface area contributed by atoms with Crippen LogP contribution in [0.5, 0.6) is 5.75 Å². The van der Waals surface area contributed by atoms with E-state index in [0.717, 1.165) is 0 Å². The molecule has 1 N–H and O–H groups in total. The van der Waals surface area contributed by atoms with Crippen molar-refractivity contribution in [3.05, 3.63) is 64.9 Å². The number of ether oxygens (including phenoxy) is 1. The highest BCUT2D eigenvalue weighted by Gasteiger charge is 2.14. The number of nitrogens with one attached hydrogen (secondary N) is 1. The lowest BCUT2D eigenvalue weighted by atomic mass is 10.1. The van der Waals surface area contributed by atoms with E-state index in [9.17, 15) is 9.59 Å². The topological polar surface area (TPSA) is 86.1 Å². The maximum atomic E-state index is 12.6. The molecule has 9 heteroatoms. The third-order valence-corrected chi connectivity index (χ3v) is 5.80. The second-order valence-corrected chi connectivity index (χ2v) is 9.01. The van der Waals surface area contributed by atoms with Gasteiger partial charge >= 0.3 is 0 Å². The molecule has 0 bridgehead atoms. The molecule has 32 heavy (non-hydrogen) atoms. The Kier molecular flexibility index (Phi) is 8.30. The summed E-state index contributed by atoms with van der Waals surface area (Å²) in [4.78, 5) is 24.4. The number of rotatable bonds is 10. The molecule has 0 aliphatic rings. The number of ketones is 1. The first-order valence-electron chi connectivity index (χ1n) is 10.1. The lowest BCUT2D eigenvalue weighted by molar-refractivity contribution is -0.116. The summed E-state index contributed by atoms with van der Waals surface area (Å²) in [5, 5.41) is 12.4. The number of carbonyl (C=O) groups is 2. The molecule has 2 aromatic carbocycles. The number of nitrogens with zero attached hydrogens (tertiary/aromatic N) is 3. The molecule has 0 spiro atoms. The molecule has 0 saturated carbocycles. The average molecular weight is 473 g/mol. The van der Waals surface area contributed by atoms with E-state index in [2.05, 4.69) is 15.5 Å². The van der Waals surface area contributed by atoms with E-state index in [4.69, 9.17) is 16.3 Å². The molecule has 3 rings (SSSR count). The number of amides is 1. The Morgan fingerprint density at radius 3 is 2.44 bits per heavy atom. The number of Topliss-reactive ketones (excluding diaryl/α,β-unsaturated/α-hetero) is 1. The summed E-state index contributed by atoms with van der Waals surface area (Å²) in [5.74, 6) is 1.79. The first kappa shape index (κ1) is 23.8. The first-order valence-corrected chi connectivity index (χ1v) is 11.5. The van der Waals surface area contributed by atoms with Gasteiger partial charge in [0.25, 0.3) is 0 Å². The Bertz CT molecular complexity index is 1070. The minimum absolute atomic E-state index is 0.0305. The fraction of sp³-hybridized carbons (Fsp3) is 0.304. The minimum atomic E-state index is -0.0345. The lowest BCUT2D eigenvalue weighted by Gasteiger charge is -2.08. The van der Waals surface area contributed by atoms with Gasteiger partial charge in [-0.05, 0) is 54.4 Å². The van der Waals surface area contributed by atoms with Gasteiger partial charge in [0.2, 0.25) is 5.91 Å². The monoisotopic (exact) mass is 472 g/mol. The predicted octanol–water partition coefficient (Wildman–Crippen LogP) is 5.01. The number of halogens is 1. The summed E-state index contributed by atoms with van der Waals surface area (Å²) in [6.07, 6.45) is 0.460. The van der Waals surface area contributed by atoms with Crippen molar-refractivity contribution in [2.45, 2.75) is 32.0 Å². The first-order chi connectivity index (χ1) is 15.3. The third-order valence-electron chi connectivity index (χ3n) is 4.52. The Morgan fingerprint density at radius 1 is 1.09 bits per heavy atom. The maximum absolute atomic E-state index is 12.6. The van der Waals surface area contributed by atoms with Crippen LogP contribution in [0.25, 0.3) is 0 Å². The van der Waals surface area contributed by atoms with Crippen molar-refractivity contribution in [3.8, 4) is 5.75 Å². The number of aromatic nitrogens is 3. The second kappa shape index (κ2) is 11.2. The average Bonchev–Trinajstić information content (AvgIpc) is 3.11. The summed E-state index contributed by atoms with van der Waals surface area (Å²) in [7, 11) is 1.84. The lowest BCUT2D eigenvalue weighted by Crippen LogP contribution is -2.14. The maximum Gasteiger partial charge on any atom is 0.224 e. The number of hydrogen-bond donors (Lipinski definition) is 1. The smallest absolute Gasteiger partial charge is 0.224 e. The van der Waals surface area contributed by atoms with E-state index in [1.807, 2.05) is 20.9 Å². The third kappa shape index (κ3) is 6.83. The van der Waals surface area contributed by atoms with Crippen LogP contribution < -0.4 is 10.1 Å². The SMILES string of the molecule is CC(C)CC(=O)Nc1ccc(C(=O)CSc2nnc(COc3ccc(Cl)cc3)n2C)cc1. The molecule has 0 unspecified atom stereocenters. The van der Waals surface area contributed by atoms with Crippen molar-refractivity contribution in [2.75, 3.05) is 11.1 Å². The number of thioether (sulfide) groups is 1. The van der Waals surface area contributed by atoms with Gasteiger partial charge in [-0.2, -0.15) is 0 Å². The van der Waals surface area contributed by atoms with Crippen molar-refractivity contribution in [2.24, 2.45) is 13.0 Å². The van der Waals surface area contributed by atoms with Crippen LogP contribution >= 0.6 is 23.4 Å². The van der Waals surface area contributed by atoms with Gasteiger partial charge in [0.15, 0.2) is 16.8 Å². The van der Waals surface area contributed by atoms with E-state index < -0.39 is 0 Å². The molecule has 0 saturated heterocycles. The van der Waals surface area contributed by atoms with Crippen LogP contribution in [0.1, 0.15) is 36.5 Å². The van der Waals surface area contributed by atoms with Crippen molar-refractivity contribution in [3.63, 3.8) is 0 Å². The molecule has 0 atom stereocenters. The second-order valence-electron chi connectivity index (χ2n) is 7.64. The highest BCUT2D eigenvalue weighted by Crippen LogP contribution is 2.20. The Hall–Kier alpha value is -2.84. The molecule has 3 aromatic rings. The van der Waals surface area contributed by atoms with Crippen LogP contribution in [0.15, 0.2) is 53.7 Å². The number of carbonyl (C=O) groups excluding carboxylic acids is 2. The summed E-state index contributed by atoms with van der Waals surface area (Å²) in [6, 6.07) is 14.0. The molecule has 0 radical (unpaired) electrons. The van der Waals surface area contributed by atoms with E-state index in [-0.39, 0.29) is 30.0 Å². The van der Waals surface area contributed by atoms with E-state index in [0.29, 0.717) is 39.4 Å². The molecular formula is C23H25ClN4O3S. The fourth-order valence-electron chi connectivity index (χ4n) is 2.81. The highest BCUT2D eigenvalue weighted by atomic mass is 35.5. The summed E-state index contributed by atoms with van der Waals surface area (Å²) in [6.45, 7) is 4.24. The van der Waals surface area contributed by atoms with Gasteiger partial charge < -0.3 is 14.6 Å². The van der Waals surface area contributed by atoms with Gasteiger partial charge in [-0.3, -0.25) is 9.59 Å². The molecule has 1 amide bonds. The van der Waals surface area contributed by atoms with Gasteiger partial charge in [-0.1, -0.05) is 37.2 Å². The molecule has 168 valence electrons. The van der Waals surface area contributed by atoms with Gasteiger partial charge in [0, 0.05) is 29.7 Å². The van der Waals surface area contributed by atoms with Crippen LogP contribution in [-0.4, -0.2) is 32.2 Å². The van der Waals surface area contributed by atoms with Gasteiger partial charge in [0.1, 0.15) is 12.4 Å². The van der Waals surface area contributed by atoms with Crippen molar-refractivity contribution >= 4 is 40.7 Å². The van der Waals surface area contributed by atoms with Crippen molar-refractivity contribution in [1.82, 2.24) is 14.8 Å². The molecule has 0 fully saturated rings. The molecule has 1 heterocycles. The van der Waals surface area contributed by atoms with Gasteiger partial charge in [0.05, 0.1) is 5.75 Å². The molecular weight excluding hydrogens is 448 g/mol. The zero-order valence-corrected chi connectivity index (χ0v) is 19.7. The van der Waals surface area contributed by atoms with E-state index >= 15 is 0 Å². The quantitative estimate of drug-likeness (QED) is 0.330. The molecule has 0 aliphatic heterocycles. The summed E-state index contributed by atoms with van der Waals surface area (Å²) in [5.41, 5.74) is 1.26. The zero-order valence-electron chi connectivity index (χ0n) is 18.2. The number of benzene rings is 2. The number of hydrogen-bond acceptors (Lipinski definition) is 6. The fourth-order valence-corrected chi connectivity index (χ4v) is 3.76. The highest BCUT2D eigenvalue weighted by molar-refractivity contribution is 7.99. The summed E-state index contributed by atoms with van der Waals surface area (Å²) < 4.78 is 7.51. The largest absolute Gasteiger partial charge is 0.486 e. The van der Waals surface area contributed by atoms with Crippen molar-refractivity contribution in [1.29, 1.82) is 0 Å². The van der Waals surface area contributed by atoms with Crippen LogP contribution in [-0.2, 0) is 18.4 Å². The van der Waals surface area contributed by atoms with Gasteiger partial charge in [-0.25, -0.2) is 0 Å². The molecule has 1 aromatic heterocycles. The Balaban J connectivity index is 1.51. The standard InChI is InChI=1S/C23H25ClN4O3S/c1-15(2)12-22(30)25-18-8-4-16(5-9-18)20(29)14-32-23-27-26-21(28(23)3)13-31-19-10-6-17(24)7-11-19/h4-11,15H,12-14H2,1-3H3,(H,25,30). The van der Waals surface area contributed by atoms with E-state index in [1.54, 1.807) is 53.1 Å². The zero-order chi connectivity index (χ0) is 23.1. The molecule has 0 aliphatic carbocycles. The van der Waals surface area contributed by atoms with Crippen LogP contribution in [0.2, 0.25) is 5.02 Å². The van der Waals surface area contributed by atoms with Gasteiger partial charge in [-0.15, -0.1) is 10.2 Å². The van der Waals surface area contributed by atoms with Crippen LogP contribution in [0, 0.1) is 5.92 Å². The Morgan fingerprint density at radius 2 is 1.78 bits per heavy atom. The summed E-state index contributed by atoms with van der Waals surface area (Å²) >= 11 is 7.19. The Labute approximate surface area is 196 Å². The normalized spacial score (nSPS) is 10.9. The van der Waals surface area contributed by atoms with E-state index in [1.165, 1.54) is 11.8 Å². The van der Waals surface area contributed by atoms with Crippen LogP contribution in [0.3, 0.4) is 0 Å². The van der Waals surface area contributed by atoms with Crippen LogP contribution in [0.4, 0.5) is 5.69 Å². The minimum Gasteiger partial charge on any atom is -0.486 e.